The van der Waals surface area contributed by atoms with Gasteiger partial charge in [-0.3, -0.25) is 37.3 Å². The van der Waals surface area contributed by atoms with E-state index in [1.165, 1.54) is 257 Å². The summed E-state index contributed by atoms with van der Waals surface area (Å²) in [7, 11) is -9.93. The number of unbranched alkanes of at least 4 members (excludes halogenated alkanes) is 51. The molecule has 0 spiro atoms. The van der Waals surface area contributed by atoms with E-state index in [1.807, 2.05) is 0 Å². The first-order valence-electron chi connectivity index (χ1n) is 43.8. The third-order valence-electron chi connectivity index (χ3n) is 19.9. The first-order chi connectivity index (χ1) is 50.2. The molecule has 0 heterocycles. The standard InChI is InChI=1S/C85H166O17P2/c1-8-9-10-11-12-13-14-21-31-38-45-52-59-66-82(87)95-72-81(102-85(90)69-62-55-48-41-34-27-25-30-37-44-51-58-65-78(6)7)75-100-104(93,94)98-71-79(86)70-97-103(91,92)99-74-80(73-96-83(88)67-60-53-46-39-32-26-24-29-36-43-50-57-64-77(4)5)101-84(89)68-61-54-47-40-33-23-20-18-16-15-17-19-22-28-35-42-49-56-63-76(2)3/h76-81,86H,8-75H2,1-7H3,(H,91,92)(H,93,94)/t79-,80-,81-/m1/s1. The number of hydrogen-bond donors (Lipinski definition) is 3. The smallest absolute Gasteiger partial charge is 0.462 e. The molecule has 19 heteroatoms. The van der Waals surface area contributed by atoms with Gasteiger partial charge in [-0.1, -0.05) is 395 Å². The van der Waals surface area contributed by atoms with Gasteiger partial charge in [-0.25, -0.2) is 9.13 Å². The number of hydrogen-bond acceptors (Lipinski definition) is 15. The highest BCUT2D eigenvalue weighted by atomic mass is 31.2. The molecule has 0 radical (unpaired) electrons. The van der Waals surface area contributed by atoms with E-state index in [9.17, 15) is 43.2 Å². The van der Waals surface area contributed by atoms with Crippen LogP contribution in [0, 0.1) is 17.8 Å². The van der Waals surface area contributed by atoms with Crippen LogP contribution in [-0.2, 0) is 65.4 Å². The molecule has 17 nitrogen and oxygen atoms in total. The maximum atomic E-state index is 13.1. The van der Waals surface area contributed by atoms with E-state index in [0.717, 1.165) is 108 Å². The predicted molar refractivity (Wildman–Crippen MR) is 428 cm³/mol. The summed E-state index contributed by atoms with van der Waals surface area (Å²) in [5.74, 6) is 0.275. The Morgan fingerprint density at radius 1 is 0.260 bits per heavy atom. The summed E-state index contributed by atoms with van der Waals surface area (Å²) in [4.78, 5) is 73.2. The Bertz CT molecular complexity index is 2010. The zero-order chi connectivity index (χ0) is 76.5. The molecule has 104 heavy (non-hydrogen) atoms. The number of ether oxygens (including phenoxy) is 4. The van der Waals surface area contributed by atoms with E-state index in [1.54, 1.807) is 0 Å². The molecule has 0 aliphatic carbocycles. The third kappa shape index (κ3) is 78.2. The molecule has 3 N–H and O–H groups in total. The number of phosphoric acid groups is 2. The fraction of sp³-hybridized carbons (Fsp3) is 0.953. The molecule has 0 aromatic carbocycles. The summed E-state index contributed by atoms with van der Waals surface area (Å²) in [5, 5.41) is 10.7. The first-order valence-corrected chi connectivity index (χ1v) is 46.8. The molecule has 618 valence electrons. The van der Waals surface area contributed by atoms with Crippen LogP contribution >= 0.6 is 15.6 Å². The zero-order valence-electron chi connectivity index (χ0n) is 68.5. The molecule has 0 saturated heterocycles. The average Bonchev–Trinajstić information content (AvgIpc) is 0.951. The van der Waals surface area contributed by atoms with E-state index in [4.69, 9.17) is 37.0 Å². The molecule has 0 amide bonds. The van der Waals surface area contributed by atoms with Crippen LogP contribution in [0.3, 0.4) is 0 Å². The van der Waals surface area contributed by atoms with Gasteiger partial charge in [0.2, 0.25) is 0 Å². The van der Waals surface area contributed by atoms with Crippen molar-refractivity contribution >= 4 is 39.5 Å². The molecule has 0 aromatic heterocycles. The normalized spacial score (nSPS) is 13.9. The Kier molecular flexibility index (Phi) is 73.7. The van der Waals surface area contributed by atoms with Gasteiger partial charge in [0.05, 0.1) is 26.4 Å². The van der Waals surface area contributed by atoms with Crippen LogP contribution < -0.4 is 0 Å². The lowest BCUT2D eigenvalue weighted by Gasteiger charge is -2.21. The quantitative estimate of drug-likeness (QED) is 0.0222. The lowest BCUT2D eigenvalue weighted by atomic mass is 10.0. The molecular formula is C85H166O17P2. The Hall–Kier alpha value is -1.94. The lowest BCUT2D eigenvalue weighted by molar-refractivity contribution is -0.161. The van der Waals surface area contributed by atoms with Gasteiger partial charge in [0.15, 0.2) is 12.2 Å². The topological polar surface area (TPSA) is 237 Å². The first kappa shape index (κ1) is 102. The van der Waals surface area contributed by atoms with Gasteiger partial charge in [-0.2, -0.15) is 0 Å². The van der Waals surface area contributed by atoms with Crippen LogP contribution in [0.5, 0.6) is 0 Å². The van der Waals surface area contributed by atoms with Crippen molar-refractivity contribution in [3.63, 3.8) is 0 Å². The molecule has 0 aromatic rings. The second-order valence-corrected chi connectivity index (χ2v) is 34.9. The van der Waals surface area contributed by atoms with Crippen molar-refractivity contribution in [3.05, 3.63) is 0 Å². The summed E-state index contributed by atoms with van der Waals surface area (Å²) in [5.41, 5.74) is 0. The third-order valence-corrected chi connectivity index (χ3v) is 21.8. The highest BCUT2D eigenvalue weighted by molar-refractivity contribution is 7.47. The molecule has 0 aliphatic rings. The minimum atomic E-state index is -4.97. The SMILES string of the molecule is CCCCCCCCCCCCCCCC(=O)OC[C@H](COP(=O)(O)OC[C@H](O)COP(=O)(O)OC[C@@H](COC(=O)CCCCCCCCCCCCCCC(C)C)OC(=O)CCCCCCCCCCCCCCCCCCCCC(C)C)OC(=O)CCCCCCCCCCCCCCC(C)C. The summed E-state index contributed by atoms with van der Waals surface area (Å²) >= 11 is 0. The highest BCUT2D eigenvalue weighted by Crippen LogP contribution is 2.45. The van der Waals surface area contributed by atoms with Gasteiger partial charge >= 0.3 is 39.5 Å². The van der Waals surface area contributed by atoms with Crippen LogP contribution in [0.15, 0.2) is 0 Å². The second-order valence-electron chi connectivity index (χ2n) is 32.0. The van der Waals surface area contributed by atoms with E-state index in [-0.39, 0.29) is 25.7 Å². The summed E-state index contributed by atoms with van der Waals surface area (Å²) in [6, 6.07) is 0. The number of esters is 4. The lowest BCUT2D eigenvalue weighted by Crippen LogP contribution is -2.30. The number of phosphoric ester groups is 2. The van der Waals surface area contributed by atoms with E-state index >= 15 is 0 Å². The van der Waals surface area contributed by atoms with Crippen molar-refractivity contribution in [2.75, 3.05) is 39.6 Å². The van der Waals surface area contributed by atoms with Gasteiger partial charge in [-0.15, -0.1) is 0 Å². The fourth-order valence-corrected chi connectivity index (χ4v) is 14.8. The van der Waals surface area contributed by atoms with Crippen molar-refractivity contribution in [3.8, 4) is 0 Å². The molecule has 0 saturated carbocycles. The minimum absolute atomic E-state index is 0.107. The average molecular weight is 1520 g/mol. The van der Waals surface area contributed by atoms with Crippen molar-refractivity contribution in [2.24, 2.45) is 17.8 Å². The van der Waals surface area contributed by atoms with Crippen molar-refractivity contribution in [1.29, 1.82) is 0 Å². The number of aliphatic hydroxyl groups excluding tert-OH is 1. The van der Waals surface area contributed by atoms with Crippen LogP contribution in [0.4, 0.5) is 0 Å². The summed E-state index contributed by atoms with van der Waals surface area (Å²) < 4.78 is 68.9. The number of aliphatic hydroxyl groups is 1. The van der Waals surface area contributed by atoms with E-state index < -0.39 is 97.5 Å². The maximum Gasteiger partial charge on any atom is 0.472 e. The Morgan fingerprint density at radius 3 is 0.654 bits per heavy atom. The number of carbonyl (C=O) groups is 4. The zero-order valence-corrected chi connectivity index (χ0v) is 70.3. The highest BCUT2D eigenvalue weighted by Gasteiger charge is 2.30. The van der Waals surface area contributed by atoms with Crippen molar-refractivity contribution in [1.82, 2.24) is 0 Å². The van der Waals surface area contributed by atoms with Crippen molar-refractivity contribution in [2.45, 2.75) is 465 Å². The van der Waals surface area contributed by atoms with Gasteiger partial charge in [-0.05, 0) is 43.4 Å². The molecule has 0 rings (SSSR count). The number of rotatable bonds is 83. The van der Waals surface area contributed by atoms with Gasteiger partial charge in [0.25, 0.3) is 0 Å². The van der Waals surface area contributed by atoms with Gasteiger partial charge < -0.3 is 33.8 Å². The predicted octanol–water partition coefficient (Wildman–Crippen LogP) is 25.7. The summed E-state index contributed by atoms with van der Waals surface area (Å²) in [6.45, 7) is 12.0. The maximum absolute atomic E-state index is 13.1. The second kappa shape index (κ2) is 75.1. The minimum Gasteiger partial charge on any atom is -0.462 e. The molecule has 0 fully saturated rings. The molecule has 0 aliphatic heterocycles. The largest absolute Gasteiger partial charge is 0.472 e. The Morgan fingerprint density at radius 2 is 0.442 bits per heavy atom. The van der Waals surface area contributed by atoms with E-state index in [0.29, 0.717) is 25.7 Å². The molecule has 0 bridgehead atoms. The summed E-state index contributed by atoms with van der Waals surface area (Å²) in [6.07, 6.45) is 65.1. The van der Waals surface area contributed by atoms with Gasteiger partial charge in [0, 0.05) is 25.7 Å². The Balaban J connectivity index is 5.25. The molecule has 5 atom stereocenters. The molecular weight excluding hydrogens is 1350 g/mol. The number of carbonyl (C=O) groups excluding carboxylic acids is 4. The Labute approximate surface area is 638 Å². The van der Waals surface area contributed by atoms with Crippen LogP contribution in [0.2, 0.25) is 0 Å². The van der Waals surface area contributed by atoms with Crippen LogP contribution in [0.1, 0.15) is 447 Å². The van der Waals surface area contributed by atoms with Crippen LogP contribution in [0.25, 0.3) is 0 Å². The monoisotopic (exact) mass is 1520 g/mol. The van der Waals surface area contributed by atoms with Crippen LogP contribution in [-0.4, -0.2) is 96.7 Å². The fourth-order valence-electron chi connectivity index (χ4n) is 13.2. The van der Waals surface area contributed by atoms with Crippen molar-refractivity contribution < 1.29 is 80.2 Å². The molecule has 2 unspecified atom stereocenters. The van der Waals surface area contributed by atoms with Gasteiger partial charge in [0.1, 0.15) is 19.3 Å². The van der Waals surface area contributed by atoms with E-state index in [2.05, 4.69) is 48.5 Å².